The van der Waals surface area contributed by atoms with Crippen LogP contribution in [0.2, 0.25) is 0 Å². The van der Waals surface area contributed by atoms with Crippen LogP contribution in [0.25, 0.3) is 0 Å². The second kappa shape index (κ2) is 7.75. The van der Waals surface area contributed by atoms with Crippen molar-refractivity contribution in [3.05, 3.63) is 18.6 Å². The van der Waals surface area contributed by atoms with E-state index in [4.69, 9.17) is 4.74 Å². The van der Waals surface area contributed by atoms with Crippen molar-refractivity contribution in [3.63, 3.8) is 0 Å². The zero-order valence-corrected chi connectivity index (χ0v) is 13.5. The number of nitrogens with zero attached hydrogens (tertiary/aromatic N) is 2. The molecule has 21 heavy (non-hydrogen) atoms. The predicted octanol–water partition coefficient (Wildman–Crippen LogP) is 2.42. The molecule has 1 saturated carbocycles. The van der Waals surface area contributed by atoms with Gasteiger partial charge in [0.15, 0.2) is 0 Å². The van der Waals surface area contributed by atoms with Crippen LogP contribution in [0, 0.1) is 0 Å². The van der Waals surface area contributed by atoms with E-state index in [1.807, 2.05) is 13.8 Å². The Morgan fingerprint density at radius 1 is 1.52 bits per heavy atom. The third-order valence-electron chi connectivity index (χ3n) is 3.44. The van der Waals surface area contributed by atoms with E-state index in [1.165, 1.54) is 0 Å². The highest BCUT2D eigenvalue weighted by molar-refractivity contribution is 7.99. The van der Waals surface area contributed by atoms with Crippen LogP contribution in [0.5, 0.6) is 0 Å². The maximum absolute atomic E-state index is 12.2. The van der Waals surface area contributed by atoms with Crippen LogP contribution in [0.4, 0.5) is 0 Å². The van der Waals surface area contributed by atoms with E-state index in [0.717, 1.165) is 36.5 Å². The predicted molar refractivity (Wildman–Crippen MR) is 83.2 cm³/mol. The summed E-state index contributed by atoms with van der Waals surface area (Å²) in [6, 6.07) is 0.479. The van der Waals surface area contributed by atoms with E-state index in [9.17, 15) is 4.79 Å². The first-order valence-electron chi connectivity index (χ1n) is 7.48. The summed E-state index contributed by atoms with van der Waals surface area (Å²) in [6.07, 6.45) is 9.14. The van der Waals surface area contributed by atoms with Crippen molar-refractivity contribution >= 4 is 17.7 Å². The molecular formula is C15H23N3O2S. The summed E-state index contributed by atoms with van der Waals surface area (Å²) in [5.41, 5.74) is -0.569. The molecule has 0 radical (unpaired) electrons. The highest BCUT2D eigenvalue weighted by Gasteiger charge is 2.39. The molecule has 1 aromatic rings. The molecule has 1 aliphatic rings. The Morgan fingerprint density at radius 2 is 2.33 bits per heavy atom. The van der Waals surface area contributed by atoms with Gasteiger partial charge in [0.2, 0.25) is 0 Å². The number of nitrogens with one attached hydrogen (secondary N) is 1. The van der Waals surface area contributed by atoms with Gasteiger partial charge >= 0.3 is 5.97 Å². The molecule has 1 unspecified atom stereocenters. The average Bonchev–Trinajstić information content (AvgIpc) is 3.29. The smallest absolute Gasteiger partial charge is 0.326 e. The Balaban J connectivity index is 1.79. The molecule has 116 valence electrons. The van der Waals surface area contributed by atoms with Gasteiger partial charge in [-0.25, -0.2) is 4.98 Å². The molecule has 0 aromatic carbocycles. The minimum Gasteiger partial charge on any atom is -0.465 e. The van der Waals surface area contributed by atoms with Crippen molar-refractivity contribution in [1.29, 1.82) is 0 Å². The summed E-state index contributed by atoms with van der Waals surface area (Å²) in [4.78, 5) is 20.5. The third-order valence-corrected chi connectivity index (χ3v) is 4.44. The van der Waals surface area contributed by atoms with E-state index in [2.05, 4.69) is 15.3 Å². The van der Waals surface area contributed by atoms with Crippen molar-refractivity contribution in [3.8, 4) is 0 Å². The summed E-state index contributed by atoms with van der Waals surface area (Å²) < 4.78 is 5.22. The number of hydrogen-bond donors (Lipinski definition) is 1. The monoisotopic (exact) mass is 309 g/mol. The van der Waals surface area contributed by atoms with Gasteiger partial charge in [0.05, 0.1) is 12.8 Å². The second-order valence-electron chi connectivity index (χ2n) is 5.47. The van der Waals surface area contributed by atoms with Crippen LogP contribution < -0.4 is 5.32 Å². The molecule has 0 saturated heterocycles. The van der Waals surface area contributed by atoms with Crippen molar-refractivity contribution in [2.75, 3.05) is 12.4 Å². The Bertz CT molecular complexity index is 453. The topological polar surface area (TPSA) is 64.1 Å². The molecule has 1 fully saturated rings. The number of hydrogen-bond acceptors (Lipinski definition) is 6. The van der Waals surface area contributed by atoms with Crippen molar-refractivity contribution in [1.82, 2.24) is 15.3 Å². The van der Waals surface area contributed by atoms with Gasteiger partial charge in [-0.2, -0.15) is 0 Å². The summed E-state index contributed by atoms with van der Waals surface area (Å²) in [5, 5.41) is 4.36. The molecule has 1 aliphatic carbocycles. The van der Waals surface area contributed by atoms with Crippen LogP contribution in [-0.2, 0) is 9.53 Å². The van der Waals surface area contributed by atoms with E-state index in [0.29, 0.717) is 12.6 Å². The largest absolute Gasteiger partial charge is 0.465 e. The zero-order chi connectivity index (χ0) is 15.1. The first-order chi connectivity index (χ1) is 10.1. The molecule has 5 nitrogen and oxygen atoms in total. The standard InChI is InChI=1S/C15H23N3O2S/c1-3-20-14(19)15(2,18-12-5-6-12)7-4-10-21-13-11-16-8-9-17-13/h8-9,11-12,18H,3-7,10H2,1-2H3. The molecule has 2 rings (SSSR count). The molecule has 0 spiro atoms. The average molecular weight is 309 g/mol. The van der Waals surface area contributed by atoms with Crippen molar-refractivity contribution < 1.29 is 9.53 Å². The first kappa shape index (κ1) is 16.2. The molecule has 1 aromatic heterocycles. The number of ether oxygens (including phenoxy) is 1. The van der Waals surface area contributed by atoms with Crippen LogP contribution >= 0.6 is 11.8 Å². The SMILES string of the molecule is CCOC(=O)C(C)(CCCSc1cnccn1)NC1CC1. The molecule has 1 N–H and O–H groups in total. The lowest BCUT2D eigenvalue weighted by Crippen LogP contribution is -2.51. The lowest BCUT2D eigenvalue weighted by Gasteiger charge is -2.28. The number of esters is 1. The van der Waals surface area contributed by atoms with Crippen molar-refractivity contribution in [2.45, 2.75) is 56.1 Å². The van der Waals surface area contributed by atoms with E-state index >= 15 is 0 Å². The Labute approximate surface area is 130 Å². The summed E-state index contributed by atoms with van der Waals surface area (Å²) in [6.45, 7) is 4.23. The van der Waals surface area contributed by atoms with Crippen molar-refractivity contribution in [2.24, 2.45) is 0 Å². The number of aromatic nitrogens is 2. The normalized spacial score (nSPS) is 17.2. The lowest BCUT2D eigenvalue weighted by molar-refractivity contribution is -0.151. The van der Waals surface area contributed by atoms with Crippen LogP contribution in [0.1, 0.15) is 39.5 Å². The van der Waals surface area contributed by atoms with Crippen LogP contribution in [0.15, 0.2) is 23.6 Å². The second-order valence-corrected chi connectivity index (χ2v) is 6.58. The Morgan fingerprint density at radius 3 is 2.95 bits per heavy atom. The zero-order valence-electron chi connectivity index (χ0n) is 12.7. The molecular weight excluding hydrogens is 286 g/mol. The molecule has 1 heterocycles. The van der Waals surface area contributed by atoms with Crippen LogP contribution in [0.3, 0.4) is 0 Å². The molecule has 1 atom stereocenters. The Kier molecular flexibility index (Phi) is 5.99. The minimum absolute atomic E-state index is 0.138. The van der Waals surface area contributed by atoms with E-state index in [1.54, 1.807) is 30.4 Å². The van der Waals surface area contributed by atoms with Gasteiger partial charge in [-0.05, 0) is 45.3 Å². The highest BCUT2D eigenvalue weighted by atomic mass is 32.2. The molecule has 0 aliphatic heterocycles. The first-order valence-corrected chi connectivity index (χ1v) is 8.46. The highest BCUT2D eigenvalue weighted by Crippen LogP contribution is 2.26. The fraction of sp³-hybridized carbons (Fsp3) is 0.667. The fourth-order valence-corrected chi connectivity index (χ4v) is 2.93. The summed E-state index contributed by atoms with van der Waals surface area (Å²) >= 11 is 1.67. The van der Waals surface area contributed by atoms with Gasteiger partial charge in [0.1, 0.15) is 10.6 Å². The maximum atomic E-state index is 12.2. The quantitative estimate of drug-likeness (QED) is 0.429. The number of thioether (sulfide) groups is 1. The van der Waals surface area contributed by atoms with Gasteiger partial charge < -0.3 is 4.74 Å². The van der Waals surface area contributed by atoms with E-state index < -0.39 is 5.54 Å². The van der Waals surface area contributed by atoms with Gasteiger partial charge in [0, 0.05) is 18.4 Å². The number of carbonyl (C=O) groups excluding carboxylic acids is 1. The molecule has 6 heteroatoms. The number of rotatable bonds is 9. The van der Waals surface area contributed by atoms with Crippen LogP contribution in [-0.4, -0.2) is 39.9 Å². The minimum atomic E-state index is -0.569. The number of carbonyl (C=O) groups is 1. The van der Waals surface area contributed by atoms with Gasteiger partial charge in [0.25, 0.3) is 0 Å². The molecule has 0 amide bonds. The fourth-order valence-electron chi connectivity index (χ4n) is 2.16. The lowest BCUT2D eigenvalue weighted by atomic mass is 9.96. The third kappa shape index (κ3) is 5.28. The molecule has 0 bridgehead atoms. The summed E-state index contributed by atoms with van der Waals surface area (Å²) in [7, 11) is 0. The van der Waals surface area contributed by atoms with E-state index in [-0.39, 0.29) is 5.97 Å². The van der Waals surface area contributed by atoms with Gasteiger partial charge in [-0.3, -0.25) is 15.1 Å². The van der Waals surface area contributed by atoms with Gasteiger partial charge in [-0.15, -0.1) is 11.8 Å². The Hall–Kier alpha value is -1.14. The maximum Gasteiger partial charge on any atom is 0.326 e. The summed E-state index contributed by atoms with van der Waals surface area (Å²) in [5.74, 6) is 0.779. The van der Waals surface area contributed by atoms with Gasteiger partial charge in [-0.1, -0.05) is 0 Å².